The third-order valence-electron chi connectivity index (χ3n) is 10.3. The van der Waals surface area contributed by atoms with E-state index >= 15 is 0 Å². The minimum atomic E-state index is -1.83. The molecule has 292 valence electrons. The minimum Gasteiger partial charge on any atom is -0.495 e. The molecular formula is C40H49ClN2O11. The molecule has 2 amide bonds. The van der Waals surface area contributed by atoms with Crippen LogP contribution in [0.4, 0.5) is 10.5 Å². The van der Waals surface area contributed by atoms with Crippen molar-refractivity contribution in [3.63, 3.8) is 0 Å². The van der Waals surface area contributed by atoms with E-state index in [9.17, 15) is 24.3 Å². The fourth-order valence-corrected chi connectivity index (χ4v) is 7.28. The zero-order valence-corrected chi connectivity index (χ0v) is 32.8. The van der Waals surface area contributed by atoms with Crippen molar-refractivity contribution in [1.82, 2.24) is 5.32 Å². The van der Waals surface area contributed by atoms with Crippen LogP contribution in [0.2, 0.25) is 5.02 Å². The lowest BCUT2D eigenvalue weighted by Crippen LogP contribution is -2.63. The SMILES string of the molecule is COc1cc2cc(c1Cl)N(C)C(=O)C[C@H](OC(=O)C(C)(C)Oc1ccc(C(C)=O)cc1)C1(C)OC1C(C)[C@@H]1C[C@@](O)(NC(=O)O1)[C@H](OC)/C=C/C=C(\C)C2. The monoisotopic (exact) mass is 768 g/mol. The number of ketones is 1. The lowest BCUT2D eigenvalue weighted by atomic mass is 9.83. The summed E-state index contributed by atoms with van der Waals surface area (Å²) in [5, 5.41) is 14.5. The van der Waals surface area contributed by atoms with Gasteiger partial charge in [0.25, 0.3) is 0 Å². The number of aliphatic hydroxyl groups is 1. The van der Waals surface area contributed by atoms with E-state index in [-0.39, 0.29) is 23.6 Å². The van der Waals surface area contributed by atoms with E-state index in [0.29, 0.717) is 29.2 Å². The first-order valence-electron chi connectivity index (χ1n) is 17.7. The molecule has 0 radical (unpaired) electrons. The number of hydrogen-bond donors (Lipinski definition) is 2. The van der Waals surface area contributed by atoms with Gasteiger partial charge in [-0.2, -0.15) is 0 Å². The number of carbonyl (C=O) groups is 4. The Labute approximate surface area is 320 Å². The number of methoxy groups -OCH3 is 2. The Balaban J connectivity index is 1.53. The van der Waals surface area contributed by atoms with Gasteiger partial charge in [-0.3, -0.25) is 14.9 Å². The van der Waals surface area contributed by atoms with Gasteiger partial charge < -0.3 is 38.4 Å². The molecule has 0 spiro atoms. The Kier molecular flexibility index (Phi) is 11.9. The summed E-state index contributed by atoms with van der Waals surface area (Å²) in [5.41, 5.74) is -1.99. The van der Waals surface area contributed by atoms with Crippen molar-refractivity contribution in [3.8, 4) is 11.5 Å². The maximum absolute atomic E-state index is 14.2. The fraction of sp³-hybridized carbons (Fsp3) is 0.500. The summed E-state index contributed by atoms with van der Waals surface area (Å²) < 4.78 is 35.3. The number of amides is 2. The van der Waals surface area contributed by atoms with Crippen LogP contribution in [0.15, 0.2) is 60.2 Å². The van der Waals surface area contributed by atoms with E-state index in [1.807, 2.05) is 13.0 Å². The molecule has 13 nitrogen and oxygen atoms in total. The number of ether oxygens (including phenoxy) is 6. The molecule has 2 aromatic rings. The van der Waals surface area contributed by atoms with Crippen LogP contribution in [-0.2, 0) is 35.0 Å². The second kappa shape index (κ2) is 15.7. The van der Waals surface area contributed by atoms with Gasteiger partial charge in [0.15, 0.2) is 17.1 Å². The second-order valence-electron chi connectivity index (χ2n) is 14.9. The van der Waals surface area contributed by atoms with Crippen molar-refractivity contribution in [2.45, 2.75) is 102 Å². The Bertz CT molecular complexity index is 1840. The fourth-order valence-electron chi connectivity index (χ4n) is 6.97. The topological polar surface area (TPSA) is 162 Å². The summed E-state index contributed by atoms with van der Waals surface area (Å²) in [4.78, 5) is 54.2. The van der Waals surface area contributed by atoms with Crippen LogP contribution in [-0.4, -0.2) is 91.5 Å². The number of allylic oxidation sites excluding steroid dienone is 3. The Morgan fingerprint density at radius 1 is 1.13 bits per heavy atom. The number of anilines is 1. The third kappa shape index (κ3) is 8.59. The van der Waals surface area contributed by atoms with Gasteiger partial charge in [-0.25, -0.2) is 9.59 Å². The molecule has 0 aromatic heterocycles. The van der Waals surface area contributed by atoms with Crippen molar-refractivity contribution in [1.29, 1.82) is 0 Å². The molecule has 7 atom stereocenters. The van der Waals surface area contributed by atoms with E-state index in [2.05, 4.69) is 5.32 Å². The number of epoxide rings is 1. The highest BCUT2D eigenvalue weighted by Gasteiger charge is 2.64. The van der Waals surface area contributed by atoms with Gasteiger partial charge in [-0.1, -0.05) is 42.3 Å². The number of Topliss-reactive ketones (excluding diaryl/α,β-unsaturated/α-hetero) is 1. The second-order valence-corrected chi connectivity index (χ2v) is 15.3. The van der Waals surface area contributed by atoms with Crippen LogP contribution in [0.5, 0.6) is 11.5 Å². The number of nitrogens with one attached hydrogen (secondary N) is 1. The molecule has 3 aliphatic rings. The first kappa shape index (κ1) is 40.7. The Morgan fingerprint density at radius 3 is 2.44 bits per heavy atom. The number of fused-ring (bicyclic) bond motifs is 5. The zero-order valence-electron chi connectivity index (χ0n) is 32.1. The van der Waals surface area contributed by atoms with Crippen molar-refractivity contribution in [2.75, 3.05) is 26.2 Å². The lowest BCUT2D eigenvalue weighted by molar-refractivity contribution is -0.169. The standard InChI is InChI=1S/C40H49ClN2O11/c1-22-11-10-12-31(50-9)40(48)21-30(51-37(47)42-40)23(2)35-39(6,54-35)32(20-33(45)43(7)28-18-25(17-22)19-29(49-8)34(28)41)52-36(46)38(4,5)53-27-15-13-26(14-16-27)24(3)44/h10-16,18-19,23,30-32,35,48H,17,20-21H2,1-9H3,(H,42,47)/b12-10+,22-11+/t23?,30-,31+,32-,35?,39?,40-/m0/s1. The molecule has 14 heteroatoms. The van der Waals surface area contributed by atoms with Crippen LogP contribution in [0.3, 0.4) is 0 Å². The summed E-state index contributed by atoms with van der Waals surface area (Å²) in [6.45, 7) is 9.96. The number of alkyl carbamates (subject to hydrolysis) is 1. The molecule has 2 saturated heterocycles. The average Bonchev–Trinajstić information content (AvgIpc) is 3.81. The maximum atomic E-state index is 14.2. The Hall–Kier alpha value is -4.43. The van der Waals surface area contributed by atoms with Gasteiger partial charge in [-0.15, -0.1) is 0 Å². The highest BCUT2D eigenvalue weighted by Crippen LogP contribution is 2.49. The quantitative estimate of drug-likeness (QED) is 0.201. The number of hydrogen-bond acceptors (Lipinski definition) is 11. The van der Waals surface area contributed by atoms with Crippen LogP contribution < -0.4 is 19.7 Å². The summed E-state index contributed by atoms with van der Waals surface area (Å²) in [6.07, 6.45) is 0.878. The van der Waals surface area contributed by atoms with Crippen molar-refractivity contribution >= 4 is 41.0 Å². The molecule has 2 aromatic carbocycles. The summed E-state index contributed by atoms with van der Waals surface area (Å²) in [6, 6.07) is 9.94. The predicted octanol–water partition coefficient (Wildman–Crippen LogP) is 5.73. The Morgan fingerprint density at radius 2 is 1.81 bits per heavy atom. The van der Waals surface area contributed by atoms with E-state index in [0.717, 1.165) is 11.1 Å². The molecule has 2 fully saturated rings. The molecular weight excluding hydrogens is 720 g/mol. The van der Waals surface area contributed by atoms with Crippen LogP contribution in [0.1, 0.15) is 70.3 Å². The van der Waals surface area contributed by atoms with Gasteiger partial charge in [0.05, 0.1) is 25.3 Å². The highest BCUT2D eigenvalue weighted by molar-refractivity contribution is 6.35. The number of nitrogens with zero attached hydrogens (tertiary/aromatic N) is 1. The molecule has 0 saturated carbocycles. The first-order chi connectivity index (χ1) is 25.3. The van der Waals surface area contributed by atoms with Crippen LogP contribution in [0.25, 0.3) is 0 Å². The van der Waals surface area contributed by atoms with Crippen LogP contribution >= 0.6 is 11.6 Å². The van der Waals surface area contributed by atoms with Crippen LogP contribution in [0, 0.1) is 5.92 Å². The van der Waals surface area contributed by atoms with E-state index in [1.54, 1.807) is 69.4 Å². The number of esters is 1. The molecule has 0 aliphatic carbocycles. The maximum Gasteiger partial charge on any atom is 0.409 e. The third-order valence-corrected chi connectivity index (χ3v) is 10.7. The molecule has 3 heterocycles. The number of carbonyl (C=O) groups excluding carboxylic acids is 4. The normalized spacial score (nSPS) is 30.5. The number of halogens is 1. The summed E-state index contributed by atoms with van der Waals surface area (Å²) in [7, 11) is 4.50. The average molecular weight is 769 g/mol. The number of benzene rings is 2. The minimum absolute atomic E-state index is 0.0546. The largest absolute Gasteiger partial charge is 0.495 e. The van der Waals surface area contributed by atoms with Crippen molar-refractivity contribution in [3.05, 3.63) is 76.3 Å². The smallest absolute Gasteiger partial charge is 0.409 e. The van der Waals surface area contributed by atoms with E-state index in [1.165, 1.54) is 39.9 Å². The molecule has 3 aliphatic heterocycles. The highest BCUT2D eigenvalue weighted by atomic mass is 35.5. The van der Waals surface area contributed by atoms with Gasteiger partial charge >= 0.3 is 12.1 Å². The van der Waals surface area contributed by atoms with Gasteiger partial charge in [0, 0.05) is 32.1 Å². The zero-order chi connectivity index (χ0) is 39.7. The number of rotatable bonds is 7. The van der Waals surface area contributed by atoms with Crippen molar-refractivity contribution < 1.29 is 52.7 Å². The van der Waals surface area contributed by atoms with Gasteiger partial charge in [0.2, 0.25) is 5.91 Å². The van der Waals surface area contributed by atoms with E-state index in [4.69, 9.17) is 40.0 Å². The first-order valence-corrected chi connectivity index (χ1v) is 18.1. The molecule has 3 unspecified atom stereocenters. The molecule has 4 bridgehead atoms. The summed E-state index contributed by atoms with van der Waals surface area (Å²) >= 11 is 6.77. The lowest BCUT2D eigenvalue weighted by Gasteiger charge is -2.42. The molecule has 54 heavy (non-hydrogen) atoms. The van der Waals surface area contributed by atoms with E-state index < -0.39 is 65.2 Å². The molecule has 5 rings (SSSR count). The molecule has 2 N–H and O–H groups in total. The van der Waals surface area contributed by atoms with Gasteiger partial charge in [-0.05, 0) is 83.0 Å². The predicted molar refractivity (Wildman–Crippen MR) is 200 cm³/mol. The van der Waals surface area contributed by atoms with Crippen molar-refractivity contribution in [2.24, 2.45) is 5.92 Å². The van der Waals surface area contributed by atoms with Gasteiger partial charge in [0.1, 0.15) is 40.4 Å². The summed E-state index contributed by atoms with van der Waals surface area (Å²) in [5.74, 6) is -1.16.